The van der Waals surface area contributed by atoms with Crippen molar-refractivity contribution in [3.8, 4) is 5.75 Å². The Morgan fingerprint density at radius 3 is 2.90 bits per heavy atom. The van der Waals surface area contributed by atoms with E-state index >= 15 is 0 Å². The molecule has 1 aromatic heterocycles. The Labute approximate surface area is 117 Å². The second-order valence-electron chi connectivity index (χ2n) is 4.71. The molecule has 0 fully saturated rings. The minimum Gasteiger partial charge on any atom is -0.493 e. The predicted octanol–water partition coefficient (Wildman–Crippen LogP) is 2.01. The Hall–Kier alpha value is -2.34. The maximum absolute atomic E-state index is 5.66. The number of anilines is 2. The molecule has 0 aliphatic carbocycles. The number of nitrogens with two attached hydrogens (primary N) is 1. The highest BCUT2D eigenvalue weighted by Crippen LogP contribution is 2.34. The molecule has 20 heavy (non-hydrogen) atoms. The lowest BCUT2D eigenvalue weighted by atomic mass is 10.0. The van der Waals surface area contributed by atoms with Gasteiger partial charge in [-0.25, -0.2) is 15.8 Å². The molecule has 0 saturated carbocycles. The number of hydrogen-bond acceptors (Lipinski definition) is 6. The third-order valence-corrected chi connectivity index (χ3v) is 3.49. The van der Waals surface area contributed by atoms with Gasteiger partial charge in [-0.3, -0.25) is 0 Å². The molecule has 0 radical (unpaired) electrons. The summed E-state index contributed by atoms with van der Waals surface area (Å²) < 4.78 is 5.66. The van der Waals surface area contributed by atoms with Crippen molar-refractivity contribution in [2.45, 2.75) is 19.4 Å². The van der Waals surface area contributed by atoms with Gasteiger partial charge in [-0.05, 0) is 13.0 Å². The smallest absolute Gasteiger partial charge is 0.148 e. The van der Waals surface area contributed by atoms with Crippen molar-refractivity contribution in [3.05, 3.63) is 41.7 Å². The average Bonchev–Trinajstić information content (AvgIpc) is 2.50. The summed E-state index contributed by atoms with van der Waals surface area (Å²) in [5, 5.41) is 3.45. The van der Waals surface area contributed by atoms with Gasteiger partial charge in [-0.1, -0.05) is 18.2 Å². The first-order valence-corrected chi connectivity index (χ1v) is 6.56. The Morgan fingerprint density at radius 1 is 1.25 bits per heavy atom. The van der Waals surface area contributed by atoms with Crippen molar-refractivity contribution in [3.63, 3.8) is 0 Å². The van der Waals surface area contributed by atoms with Crippen molar-refractivity contribution in [2.24, 2.45) is 5.84 Å². The van der Waals surface area contributed by atoms with Crippen LogP contribution in [0.4, 0.5) is 11.6 Å². The second kappa shape index (κ2) is 5.34. The fourth-order valence-electron chi connectivity index (χ4n) is 2.40. The number of fused-ring (bicyclic) bond motifs is 1. The predicted molar refractivity (Wildman–Crippen MR) is 77.5 cm³/mol. The van der Waals surface area contributed by atoms with E-state index in [4.69, 9.17) is 10.6 Å². The summed E-state index contributed by atoms with van der Waals surface area (Å²) >= 11 is 0. The van der Waals surface area contributed by atoms with E-state index in [1.54, 1.807) is 0 Å². The maximum atomic E-state index is 5.66. The molecule has 0 bridgehead atoms. The topological polar surface area (TPSA) is 85.1 Å². The van der Waals surface area contributed by atoms with Crippen molar-refractivity contribution in [1.29, 1.82) is 0 Å². The zero-order valence-electron chi connectivity index (χ0n) is 11.3. The van der Waals surface area contributed by atoms with E-state index in [1.807, 2.05) is 25.1 Å². The van der Waals surface area contributed by atoms with Gasteiger partial charge in [0.1, 0.15) is 23.7 Å². The van der Waals surface area contributed by atoms with Crippen molar-refractivity contribution < 1.29 is 4.74 Å². The normalized spacial score (nSPS) is 17.0. The fraction of sp³-hybridized carbons (Fsp3) is 0.286. The molecular formula is C14H17N5O. The number of nitrogens with one attached hydrogen (secondary N) is 2. The van der Waals surface area contributed by atoms with E-state index in [9.17, 15) is 0 Å². The number of nitrogens with zero attached hydrogens (tertiary/aromatic N) is 2. The lowest BCUT2D eigenvalue weighted by Gasteiger charge is -2.27. The molecule has 1 aromatic carbocycles. The van der Waals surface area contributed by atoms with Gasteiger partial charge in [-0.2, -0.15) is 0 Å². The molecule has 6 nitrogen and oxygen atoms in total. The lowest BCUT2D eigenvalue weighted by Crippen LogP contribution is -2.21. The van der Waals surface area contributed by atoms with E-state index in [0.29, 0.717) is 12.4 Å². The standard InChI is InChI=1S/C14H17N5O/c1-9-13(16-8-17-14(9)19-15)18-11-6-7-20-12-5-3-2-4-10(11)12/h2-5,8,11H,6-7,15H2,1H3,(H2,16,17,18,19). The molecule has 1 aliphatic rings. The molecule has 1 atom stereocenters. The molecule has 2 aromatic rings. The molecule has 2 heterocycles. The second-order valence-corrected chi connectivity index (χ2v) is 4.71. The summed E-state index contributed by atoms with van der Waals surface area (Å²) in [5.41, 5.74) is 4.63. The van der Waals surface area contributed by atoms with Crippen LogP contribution in [0.5, 0.6) is 5.75 Å². The van der Waals surface area contributed by atoms with Crippen LogP contribution in [0.2, 0.25) is 0 Å². The molecule has 3 rings (SSSR count). The Balaban J connectivity index is 1.90. The summed E-state index contributed by atoms with van der Waals surface area (Å²) in [5.74, 6) is 7.79. The number of ether oxygens (including phenoxy) is 1. The first kappa shape index (κ1) is 12.7. The molecule has 104 valence electrons. The van der Waals surface area contributed by atoms with Crippen molar-refractivity contribution >= 4 is 11.6 Å². The van der Waals surface area contributed by atoms with Crippen LogP contribution < -0.4 is 21.3 Å². The molecular weight excluding hydrogens is 254 g/mol. The van der Waals surface area contributed by atoms with E-state index in [1.165, 1.54) is 6.33 Å². The maximum Gasteiger partial charge on any atom is 0.148 e. The molecule has 6 heteroatoms. The van der Waals surface area contributed by atoms with Crippen LogP contribution in [-0.4, -0.2) is 16.6 Å². The van der Waals surface area contributed by atoms with Gasteiger partial charge in [0, 0.05) is 17.5 Å². The van der Waals surface area contributed by atoms with Gasteiger partial charge in [0.05, 0.1) is 12.6 Å². The molecule has 0 saturated heterocycles. The third-order valence-electron chi connectivity index (χ3n) is 3.49. The van der Waals surface area contributed by atoms with Gasteiger partial charge in [-0.15, -0.1) is 0 Å². The van der Waals surface area contributed by atoms with E-state index < -0.39 is 0 Å². The largest absolute Gasteiger partial charge is 0.493 e. The lowest BCUT2D eigenvalue weighted by molar-refractivity contribution is 0.274. The highest BCUT2D eigenvalue weighted by atomic mass is 16.5. The highest BCUT2D eigenvalue weighted by molar-refractivity contribution is 5.57. The van der Waals surface area contributed by atoms with E-state index in [0.717, 1.165) is 29.1 Å². The molecule has 0 amide bonds. The van der Waals surface area contributed by atoms with E-state index in [2.05, 4.69) is 26.8 Å². The fourth-order valence-corrected chi connectivity index (χ4v) is 2.40. The number of para-hydroxylation sites is 1. The Bertz CT molecular complexity index is 616. The molecule has 4 N–H and O–H groups in total. The summed E-state index contributed by atoms with van der Waals surface area (Å²) in [7, 11) is 0. The summed E-state index contributed by atoms with van der Waals surface area (Å²) in [6.07, 6.45) is 2.39. The van der Waals surface area contributed by atoms with Crippen LogP contribution in [0, 0.1) is 6.92 Å². The molecule has 1 unspecified atom stereocenters. The van der Waals surface area contributed by atoms with Crippen LogP contribution >= 0.6 is 0 Å². The van der Waals surface area contributed by atoms with Crippen molar-refractivity contribution in [2.75, 3.05) is 17.3 Å². The van der Waals surface area contributed by atoms with Crippen LogP contribution in [0.3, 0.4) is 0 Å². The monoisotopic (exact) mass is 271 g/mol. The Kier molecular flexibility index (Phi) is 3.39. The first-order chi connectivity index (χ1) is 9.79. The number of benzene rings is 1. The Morgan fingerprint density at radius 2 is 2.05 bits per heavy atom. The van der Waals surface area contributed by atoms with Crippen LogP contribution in [0.1, 0.15) is 23.6 Å². The van der Waals surface area contributed by atoms with Gasteiger partial charge in [0.2, 0.25) is 0 Å². The third kappa shape index (κ3) is 2.25. The zero-order valence-corrected chi connectivity index (χ0v) is 11.3. The van der Waals surface area contributed by atoms with E-state index in [-0.39, 0.29) is 6.04 Å². The minimum absolute atomic E-state index is 0.180. The number of nitrogen functional groups attached to an aromatic ring is 1. The zero-order chi connectivity index (χ0) is 13.9. The van der Waals surface area contributed by atoms with Crippen molar-refractivity contribution in [1.82, 2.24) is 9.97 Å². The average molecular weight is 271 g/mol. The van der Waals surface area contributed by atoms with Gasteiger partial charge in [0.25, 0.3) is 0 Å². The number of rotatable bonds is 3. The van der Waals surface area contributed by atoms with Crippen LogP contribution in [0.25, 0.3) is 0 Å². The quantitative estimate of drug-likeness (QED) is 0.585. The first-order valence-electron chi connectivity index (χ1n) is 6.56. The van der Waals surface area contributed by atoms with Gasteiger partial charge < -0.3 is 15.5 Å². The highest BCUT2D eigenvalue weighted by Gasteiger charge is 2.22. The summed E-state index contributed by atoms with van der Waals surface area (Å²) in [6, 6.07) is 8.24. The molecule has 0 spiro atoms. The van der Waals surface area contributed by atoms with Gasteiger partial charge >= 0.3 is 0 Å². The number of hydrogen-bond donors (Lipinski definition) is 3. The molecule has 1 aliphatic heterocycles. The number of aromatic nitrogens is 2. The summed E-state index contributed by atoms with van der Waals surface area (Å²) in [6.45, 7) is 2.63. The van der Waals surface area contributed by atoms with Crippen LogP contribution in [-0.2, 0) is 0 Å². The minimum atomic E-state index is 0.180. The summed E-state index contributed by atoms with van der Waals surface area (Å²) in [4.78, 5) is 8.38. The van der Waals surface area contributed by atoms with Gasteiger partial charge in [0.15, 0.2) is 0 Å². The van der Waals surface area contributed by atoms with Crippen LogP contribution in [0.15, 0.2) is 30.6 Å². The SMILES string of the molecule is Cc1c(NN)ncnc1NC1CCOc2ccccc21. The number of hydrazine groups is 1.